The first kappa shape index (κ1) is 24.1. The van der Waals surface area contributed by atoms with Crippen LogP contribution >= 0.6 is 55.2 Å². The molecule has 0 radical (unpaired) electrons. The van der Waals surface area contributed by atoms with Gasteiger partial charge in [0.1, 0.15) is 12.4 Å². The number of hydrogen-bond acceptors (Lipinski definition) is 4. The molecule has 0 unspecified atom stereocenters. The fraction of sp³-hybridized carbons (Fsp3) is 0.120. The Labute approximate surface area is 218 Å². The fourth-order valence-electron chi connectivity index (χ4n) is 3.30. The molecule has 8 heteroatoms. The number of thioether (sulfide) groups is 1. The summed E-state index contributed by atoms with van der Waals surface area (Å²) in [5, 5.41) is 0.393. The van der Waals surface area contributed by atoms with E-state index < -0.39 is 0 Å². The van der Waals surface area contributed by atoms with E-state index in [9.17, 15) is 9.59 Å². The Bertz CT molecular complexity index is 1210. The molecule has 1 aliphatic heterocycles. The average Bonchev–Trinajstić information content (AvgIpc) is 3.06. The van der Waals surface area contributed by atoms with Crippen molar-refractivity contribution in [3.8, 4) is 5.75 Å². The van der Waals surface area contributed by atoms with Crippen molar-refractivity contribution in [2.45, 2.75) is 13.0 Å². The summed E-state index contributed by atoms with van der Waals surface area (Å²) in [6.45, 7) is 0.671. The molecule has 3 aromatic rings. The SMILES string of the molecule is O=C1S/C(=C\c2cc(Br)c(OCc3ccccc3Cl)c(Br)c2)C(=O)N1CCc1ccccc1. The van der Waals surface area contributed by atoms with Gasteiger partial charge in [-0.15, -0.1) is 0 Å². The van der Waals surface area contributed by atoms with Crippen LogP contribution in [0.15, 0.2) is 80.6 Å². The van der Waals surface area contributed by atoms with Gasteiger partial charge in [0.2, 0.25) is 0 Å². The summed E-state index contributed by atoms with van der Waals surface area (Å²) in [6.07, 6.45) is 2.35. The first-order chi connectivity index (χ1) is 15.9. The Kier molecular flexibility index (Phi) is 7.96. The van der Waals surface area contributed by atoms with Crippen LogP contribution in [0.25, 0.3) is 6.08 Å². The monoisotopic (exact) mass is 605 g/mol. The molecule has 0 saturated carbocycles. The topological polar surface area (TPSA) is 46.6 Å². The first-order valence-electron chi connectivity index (χ1n) is 10.1. The maximum atomic E-state index is 12.8. The van der Waals surface area contributed by atoms with Crippen LogP contribution in [0, 0.1) is 0 Å². The molecule has 0 bridgehead atoms. The zero-order chi connectivity index (χ0) is 23.4. The van der Waals surface area contributed by atoms with Crippen LogP contribution in [0.2, 0.25) is 5.02 Å². The number of carbonyl (C=O) groups is 2. The molecule has 2 amide bonds. The summed E-state index contributed by atoms with van der Waals surface area (Å²) in [5.41, 5.74) is 2.74. The number of nitrogens with zero attached hydrogens (tertiary/aromatic N) is 1. The highest BCUT2D eigenvalue weighted by Crippen LogP contribution is 2.38. The van der Waals surface area contributed by atoms with Gasteiger partial charge in [-0.25, -0.2) is 0 Å². The quantitative estimate of drug-likeness (QED) is 0.258. The minimum Gasteiger partial charge on any atom is -0.486 e. The van der Waals surface area contributed by atoms with E-state index in [1.54, 1.807) is 6.08 Å². The van der Waals surface area contributed by atoms with Crippen LogP contribution in [0.1, 0.15) is 16.7 Å². The zero-order valence-electron chi connectivity index (χ0n) is 17.3. The predicted molar refractivity (Wildman–Crippen MR) is 140 cm³/mol. The molecule has 1 heterocycles. The Morgan fingerprint density at radius 3 is 2.33 bits per heavy atom. The van der Waals surface area contributed by atoms with Gasteiger partial charge in [0.25, 0.3) is 11.1 Å². The zero-order valence-corrected chi connectivity index (χ0v) is 22.0. The third-order valence-electron chi connectivity index (χ3n) is 4.99. The molecule has 0 aromatic heterocycles. The summed E-state index contributed by atoms with van der Waals surface area (Å²) in [6, 6.07) is 21.0. The van der Waals surface area contributed by atoms with E-state index in [1.165, 1.54) is 4.90 Å². The average molecular weight is 608 g/mol. The number of imide groups is 1. The Morgan fingerprint density at radius 1 is 0.970 bits per heavy atom. The summed E-state index contributed by atoms with van der Waals surface area (Å²) < 4.78 is 7.40. The van der Waals surface area contributed by atoms with Crippen molar-refractivity contribution in [3.63, 3.8) is 0 Å². The Balaban J connectivity index is 1.46. The highest BCUT2D eigenvalue weighted by molar-refractivity contribution is 9.11. The second kappa shape index (κ2) is 10.9. The van der Waals surface area contributed by atoms with Crippen LogP contribution in [0.3, 0.4) is 0 Å². The van der Waals surface area contributed by atoms with Gasteiger partial charge in [-0.1, -0.05) is 60.1 Å². The van der Waals surface area contributed by atoms with Crippen LogP contribution in [-0.4, -0.2) is 22.6 Å². The molecule has 0 aliphatic carbocycles. The number of amides is 2. The molecule has 4 nitrogen and oxygen atoms in total. The second-order valence-electron chi connectivity index (χ2n) is 7.26. The van der Waals surface area contributed by atoms with Crippen LogP contribution < -0.4 is 4.74 Å². The number of benzene rings is 3. The molecule has 1 fully saturated rings. The van der Waals surface area contributed by atoms with E-state index >= 15 is 0 Å². The van der Waals surface area contributed by atoms with Gasteiger partial charge in [-0.2, -0.15) is 0 Å². The van der Waals surface area contributed by atoms with E-state index in [2.05, 4.69) is 31.9 Å². The minimum atomic E-state index is -0.271. The Morgan fingerprint density at radius 2 is 1.64 bits per heavy atom. The Hall–Kier alpha value is -2.06. The molecule has 1 saturated heterocycles. The van der Waals surface area contributed by atoms with Gasteiger partial charge < -0.3 is 4.74 Å². The van der Waals surface area contributed by atoms with Gasteiger partial charge in [-0.3, -0.25) is 14.5 Å². The van der Waals surface area contributed by atoms with Crippen molar-refractivity contribution >= 4 is 72.4 Å². The summed E-state index contributed by atoms with van der Waals surface area (Å²) >= 11 is 14.3. The lowest BCUT2D eigenvalue weighted by molar-refractivity contribution is -0.122. The minimum absolute atomic E-state index is 0.250. The fourth-order valence-corrected chi connectivity index (χ4v) is 5.80. The highest BCUT2D eigenvalue weighted by Gasteiger charge is 2.34. The number of ether oxygens (including phenoxy) is 1. The third-order valence-corrected chi connectivity index (χ3v) is 7.44. The molecule has 168 valence electrons. The number of halogens is 3. The first-order valence-corrected chi connectivity index (χ1v) is 12.8. The van der Waals surface area contributed by atoms with Crippen molar-refractivity contribution in [3.05, 3.63) is 102 Å². The van der Waals surface area contributed by atoms with Crippen LogP contribution in [-0.2, 0) is 17.8 Å². The molecule has 0 spiro atoms. The lowest BCUT2D eigenvalue weighted by Gasteiger charge is -2.13. The van der Waals surface area contributed by atoms with Crippen molar-refractivity contribution in [1.29, 1.82) is 0 Å². The van der Waals surface area contributed by atoms with Gasteiger partial charge >= 0.3 is 0 Å². The predicted octanol–water partition coefficient (Wildman–Crippen LogP) is 7.72. The summed E-state index contributed by atoms with van der Waals surface area (Å²) in [7, 11) is 0. The summed E-state index contributed by atoms with van der Waals surface area (Å²) in [5.74, 6) is 0.357. The molecule has 3 aromatic carbocycles. The number of rotatable bonds is 7. The van der Waals surface area contributed by atoms with E-state index in [0.29, 0.717) is 35.2 Å². The van der Waals surface area contributed by atoms with Crippen LogP contribution in [0.5, 0.6) is 5.75 Å². The standard InChI is InChI=1S/C25H18Br2ClNO3S/c26-19-12-17(13-20(27)23(19)32-15-18-8-4-5-9-21(18)28)14-22-24(30)29(25(31)33-22)11-10-16-6-2-1-3-7-16/h1-9,12-14H,10-11,15H2/b22-14-. The highest BCUT2D eigenvalue weighted by atomic mass is 79.9. The second-order valence-corrected chi connectivity index (χ2v) is 10.4. The van der Waals surface area contributed by atoms with Gasteiger partial charge in [0.15, 0.2) is 0 Å². The van der Waals surface area contributed by atoms with Gasteiger partial charge in [0.05, 0.1) is 13.9 Å². The van der Waals surface area contributed by atoms with Gasteiger partial charge in [-0.05, 0) is 85.4 Å². The van der Waals surface area contributed by atoms with Crippen molar-refractivity contribution in [2.24, 2.45) is 0 Å². The number of hydrogen-bond donors (Lipinski definition) is 0. The van der Waals surface area contributed by atoms with E-state index in [0.717, 1.165) is 37.4 Å². The number of carbonyl (C=O) groups excluding carboxylic acids is 2. The van der Waals surface area contributed by atoms with Crippen molar-refractivity contribution in [2.75, 3.05) is 6.54 Å². The molecule has 0 atom stereocenters. The van der Waals surface area contributed by atoms with E-state index in [1.807, 2.05) is 66.7 Å². The normalized spacial score (nSPS) is 14.9. The van der Waals surface area contributed by atoms with Crippen LogP contribution in [0.4, 0.5) is 4.79 Å². The molecular formula is C25H18Br2ClNO3S. The van der Waals surface area contributed by atoms with E-state index in [-0.39, 0.29) is 11.1 Å². The maximum absolute atomic E-state index is 12.8. The van der Waals surface area contributed by atoms with Crippen molar-refractivity contribution < 1.29 is 14.3 Å². The maximum Gasteiger partial charge on any atom is 0.293 e. The van der Waals surface area contributed by atoms with E-state index in [4.69, 9.17) is 16.3 Å². The lowest BCUT2D eigenvalue weighted by Crippen LogP contribution is -2.30. The van der Waals surface area contributed by atoms with Crippen molar-refractivity contribution in [1.82, 2.24) is 4.90 Å². The third kappa shape index (κ3) is 5.90. The summed E-state index contributed by atoms with van der Waals surface area (Å²) in [4.78, 5) is 26.9. The smallest absolute Gasteiger partial charge is 0.293 e. The molecule has 33 heavy (non-hydrogen) atoms. The molecular weight excluding hydrogens is 590 g/mol. The largest absolute Gasteiger partial charge is 0.486 e. The molecule has 4 rings (SSSR count). The molecule has 1 aliphatic rings. The van der Waals surface area contributed by atoms with Gasteiger partial charge in [0, 0.05) is 17.1 Å². The molecule has 0 N–H and O–H groups in total. The lowest BCUT2D eigenvalue weighted by atomic mass is 10.1.